The summed E-state index contributed by atoms with van der Waals surface area (Å²) in [6, 6.07) is 0. The van der Waals surface area contributed by atoms with Crippen molar-refractivity contribution in [2.24, 2.45) is 0 Å². The van der Waals surface area contributed by atoms with Gasteiger partial charge in [-0.05, 0) is 26.7 Å². The second kappa shape index (κ2) is 11.4. The van der Waals surface area contributed by atoms with E-state index in [4.69, 9.17) is 18.9 Å². The molecule has 0 fully saturated rings. The Bertz CT molecular complexity index is 251. The molecule has 2 atom stereocenters. The number of hydrogen-bond acceptors (Lipinski definition) is 6. The highest BCUT2D eigenvalue weighted by Crippen LogP contribution is 2.17. The molecule has 0 saturated heterocycles. The van der Waals surface area contributed by atoms with E-state index in [0.717, 1.165) is 12.8 Å². The quantitative estimate of drug-likeness (QED) is 0.603. The molecule has 6 nitrogen and oxygen atoms in total. The van der Waals surface area contributed by atoms with Gasteiger partial charge in [-0.3, -0.25) is 0 Å². The Morgan fingerprint density at radius 3 is 1.35 bits per heavy atom. The second-order valence-electron chi connectivity index (χ2n) is 4.26. The van der Waals surface area contributed by atoms with Gasteiger partial charge in [0.1, 0.15) is 12.2 Å². The lowest BCUT2D eigenvalue weighted by Crippen LogP contribution is -2.35. The molecule has 0 bridgehead atoms. The standard InChI is InChI=1S/C14H26O6/c1-5-9-11(19-13(15)17-7-3)12(10-6-2)20-14(16)18-8-4/h11-12H,5-10H2,1-4H3. The van der Waals surface area contributed by atoms with Gasteiger partial charge in [0.25, 0.3) is 0 Å². The van der Waals surface area contributed by atoms with Gasteiger partial charge in [0.05, 0.1) is 13.2 Å². The summed E-state index contributed by atoms with van der Waals surface area (Å²) in [6.45, 7) is 7.83. The molecule has 6 heteroatoms. The molecule has 0 aromatic carbocycles. The Kier molecular flexibility index (Phi) is 10.5. The lowest BCUT2D eigenvalue weighted by molar-refractivity contribution is -0.0598. The topological polar surface area (TPSA) is 71.1 Å². The predicted octanol–water partition coefficient (Wildman–Crippen LogP) is 3.67. The van der Waals surface area contributed by atoms with Gasteiger partial charge in [-0.2, -0.15) is 0 Å². The van der Waals surface area contributed by atoms with E-state index >= 15 is 0 Å². The van der Waals surface area contributed by atoms with Gasteiger partial charge in [-0.25, -0.2) is 9.59 Å². The molecule has 0 spiro atoms. The van der Waals surface area contributed by atoms with Crippen LogP contribution in [-0.4, -0.2) is 37.7 Å². The summed E-state index contributed by atoms with van der Waals surface area (Å²) in [5.41, 5.74) is 0. The highest BCUT2D eigenvalue weighted by molar-refractivity contribution is 5.61. The Balaban J connectivity index is 4.65. The van der Waals surface area contributed by atoms with Gasteiger partial charge in [0.15, 0.2) is 0 Å². The number of rotatable bonds is 9. The first-order chi connectivity index (χ1) is 9.58. The maximum atomic E-state index is 11.4. The van der Waals surface area contributed by atoms with Crippen LogP contribution < -0.4 is 0 Å². The number of carbonyl (C=O) groups is 2. The van der Waals surface area contributed by atoms with E-state index in [-0.39, 0.29) is 13.2 Å². The minimum absolute atomic E-state index is 0.245. The Morgan fingerprint density at radius 2 is 1.10 bits per heavy atom. The van der Waals surface area contributed by atoms with Crippen LogP contribution in [0.2, 0.25) is 0 Å². The van der Waals surface area contributed by atoms with Crippen LogP contribution in [0.3, 0.4) is 0 Å². The average molecular weight is 290 g/mol. The van der Waals surface area contributed by atoms with Gasteiger partial charge in [0.2, 0.25) is 0 Å². The lowest BCUT2D eigenvalue weighted by Gasteiger charge is -2.25. The minimum Gasteiger partial charge on any atom is -0.435 e. The van der Waals surface area contributed by atoms with Gasteiger partial charge in [0, 0.05) is 0 Å². The van der Waals surface area contributed by atoms with Crippen LogP contribution in [0.15, 0.2) is 0 Å². The van der Waals surface area contributed by atoms with E-state index in [0.29, 0.717) is 12.8 Å². The molecule has 0 aromatic heterocycles. The van der Waals surface area contributed by atoms with Crippen LogP contribution in [0.5, 0.6) is 0 Å². The predicted molar refractivity (Wildman–Crippen MR) is 73.6 cm³/mol. The van der Waals surface area contributed by atoms with E-state index in [1.807, 2.05) is 13.8 Å². The summed E-state index contributed by atoms with van der Waals surface area (Å²) in [5.74, 6) is 0. The van der Waals surface area contributed by atoms with Gasteiger partial charge < -0.3 is 18.9 Å². The molecule has 0 rings (SSSR count). The first-order valence-corrected chi connectivity index (χ1v) is 7.25. The molecule has 0 saturated carbocycles. The SMILES string of the molecule is CCCC(OC(=O)OCC)C(CCC)OC(=O)OCC. The number of hydrogen-bond donors (Lipinski definition) is 0. The largest absolute Gasteiger partial charge is 0.508 e. The molecule has 0 aliphatic carbocycles. The molecule has 118 valence electrons. The molecule has 2 unspecified atom stereocenters. The third kappa shape index (κ3) is 7.86. The van der Waals surface area contributed by atoms with Crippen molar-refractivity contribution in [2.45, 2.75) is 65.6 Å². The zero-order valence-electron chi connectivity index (χ0n) is 12.8. The van der Waals surface area contributed by atoms with Crippen LogP contribution in [-0.2, 0) is 18.9 Å². The van der Waals surface area contributed by atoms with Gasteiger partial charge in [-0.1, -0.05) is 26.7 Å². The Hall–Kier alpha value is -1.46. The first kappa shape index (κ1) is 18.5. The van der Waals surface area contributed by atoms with E-state index in [2.05, 4.69) is 0 Å². The zero-order chi connectivity index (χ0) is 15.4. The van der Waals surface area contributed by atoms with Gasteiger partial charge in [-0.15, -0.1) is 0 Å². The van der Waals surface area contributed by atoms with Crippen LogP contribution in [0.25, 0.3) is 0 Å². The summed E-state index contributed by atoms with van der Waals surface area (Å²) in [4.78, 5) is 22.9. The Morgan fingerprint density at radius 1 is 0.750 bits per heavy atom. The highest BCUT2D eigenvalue weighted by atomic mass is 16.8. The first-order valence-electron chi connectivity index (χ1n) is 7.25. The summed E-state index contributed by atoms with van der Waals surface area (Å²) in [6.07, 6.45) is 0.310. The van der Waals surface area contributed by atoms with Crippen molar-refractivity contribution in [3.05, 3.63) is 0 Å². The molecule has 0 radical (unpaired) electrons. The molecule has 0 aliphatic heterocycles. The maximum Gasteiger partial charge on any atom is 0.508 e. The fourth-order valence-electron chi connectivity index (χ4n) is 1.76. The van der Waals surface area contributed by atoms with Crippen molar-refractivity contribution >= 4 is 12.3 Å². The molecule has 0 amide bonds. The molecular weight excluding hydrogens is 264 g/mol. The summed E-state index contributed by atoms with van der Waals surface area (Å²) in [7, 11) is 0. The molecule has 0 heterocycles. The Labute approximate surface area is 120 Å². The third-order valence-corrected chi connectivity index (χ3v) is 2.58. The number of carbonyl (C=O) groups excluding carboxylic acids is 2. The van der Waals surface area contributed by atoms with E-state index in [1.54, 1.807) is 13.8 Å². The molecule has 0 aliphatic rings. The van der Waals surface area contributed by atoms with E-state index in [1.165, 1.54) is 0 Å². The zero-order valence-corrected chi connectivity index (χ0v) is 12.8. The van der Waals surface area contributed by atoms with Crippen molar-refractivity contribution in [3.8, 4) is 0 Å². The van der Waals surface area contributed by atoms with Crippen LogP contribution in [0.4, 0.5) is 9.59 Å². The minimum atomic E-state index is -0.737. The normalized spacial score (nSPS) is 13.2. The molecule has 20 heavy (non-hydrogen) atoms. The fraction of sp³-hybridized carbons (Fsp3) is 0.857. The number of ether oxygens (including phenoxy) is 4. The average Bonchev–Trinajstić information content (AvgIpc) is 2.38. The van der Waals surface area contributed by atoms with E-state index < -0.39 is 24.5 Å². The van der Waals surface area contributed by atoms with Crippen LogP contribution >= 0.6 is 0 Å². The van der Waals surface area contributed by atoms with Crippen molar-refractivity contribution in [1.82, 2.24) is 0 Å². The van der Waals surface area contributed by atoms with Crippen molar-refractivity contribution in [3.63, 3.8) is 0 Å². The summed E-state index contributed by atoms with van der Waals surface area (Å²) in [5, 5.41) is 0. The third-order valence-electron chi connectivity index (χ3n) is 2.58. The molecule has 0 aromatic rings. The van der Waals surface area contributed by atoms with Crippen molar-refractivity contribution in [1.29, 1.82) is 0 Å². The molecule has 0 N–H and O–H groups in total. The van der Waals surface area contributed by atoms with Crippen molar-refractivity contribution < 1.29 is 28.5 Å². The van der Waals surface area contributed by atoms with Crippen molar-refractivity contribution in [2.75, 3.05) is 13.2 Å². The van der Waals surface area contributed by atoms with Crippen LogP contribution in [0, 0.1) is 0 Å². The van der Waals surface area contributed by atoms with Gasteiger partial charge >= 0.3 is 12.3 Å². The monoisotopic (exact) mass is 290 g/mol. The lowest BCUT2D eigenvalue weighted by atomic mass is 10.0. The maximum absolute atomic E-state index is 11.4. The van der Waals surface area contributed by atoms with E-state index in [9.17, 15) is 9.59 Å². The molecular formula is C14H26O6. The summed E-state index contributed by atoms with van der Waals surface area (Å²) < 4.78 is 20.0. The summed E-state index contributed by atoms with van der Waals surface area (Å²) >= 11 is 0. The van der Waals surface area contributed by atoms with Crippen LogP contribution in [0.1, 0.15) is 53.4 Å². The smallest absolute Gasteiger partial charge is 0.435 e. The fourth-order valence-corrected chi connectivity index (χ4v) is 1.76. The highest BCUT2D eigenvalue weighted by Gasteiger charge is 2.28. The second-order valence-corrected chi connectivity index (χ2v) is 4.26.